The fourth-order valence-corrected chi connectivity index (χ4v) is 5.65. The molecule has 10 heteroatoms. The molecule has 9 nitrogen and oxygen atoms in total. The lowest BCUT2D eigenvalue weighted by Gasteiger charge is -2.32. The van der Waals surface area contributed by atoms with E-state index in [-0.39, 0.29) is 17.4 Å². The van der Waals surface area contributed by atoms with Crippen molar-refractivity contribution < 1.29 is 23.9 Å². The highest BCUT2D eigenvalue weighted by Crippen LogP contribution is 2.37. The van der Waals surface area contributed by atoms with Gasteiger partial charge in [0.25, 0.3) is 0 Å². The van der Waals surface area contributed by atoms with Crippen molar-refractivity contribution in [3.05, 3.63) is 94.3 Å². The molecule has 6 rings (SSSR count). The van der Waals surface area contributed by atoms with Crippen LogP contribution in [-0.4, -0.2) is 83.1 Å². The molecule has 0 saturated carbocycles. The number of fused-ring (bicyclic) bond motifs is 2. The molecule has 210 valence electrons. The lowest BCUT2D eigenvalue weighted by Crippen LogP contribution is -2.48. The summed E-state index contributed by atoms with van der Waals surface area (Å²) in [5.74, 6) is -2.55. The summed E-state index contributed by atoms with van der Waals surface area (Å²) in [6.45, 7) is 5.10. The van der Waals surface area contributed by atoms with Crippen LogP contribution in [0.5, 0.6) is 0 Å². The summed E-state index contributed by atoms with van der Waals surface area (Å²) in [7, 11) is 2.09. The van der Waals surface area contributed by atoms with Crippen LogP contribution in [0.2, 0.25) is 0 Å². The number of halogens is 1. The van der Waals surface area contributed by atoms with E-state index in [1.54, 1.807) is 18.2 Å². The molecular weight excluding hydrogens is 525 g/mol. The third kappa shape index (κ3) is 5.48. The van der Waals surface area contributed by atoms with E-state index in [0.29, 0.717) is 47.8 Å². The molecule has 3 aliphatic heterocycles. The monoisotopic (exact) mass is 555 g/mol. The Morgan fingerprint density at radius 1 is 0.951 bits per heavy atom. The van der Waals surface area contributed by atoms with Crippen LogP contribution >= 0.6 is 0 Å². The van der Waals surface area contributed by atoms with Gasteiger partial charge in [-0.05, 0) is 65.7 Å². The van der Waals surface area contributed by atoms with E-state index in [2.05, 4.69) is 22.2 Å². The second-order valence-electron chi connectivity index (χ2n) is 10.8. The zero-order chi connectivity index (χ0) is 28.7. The van der Waals surface area contributed by atoms with E-state index < -0.39 is 17.7 Å². The van der Waals surface area contributed by atoms with Gasteiger partial charge in [-0.15, -0.1) is 0 Å². The predicted molar refractivity (Wildman–Crippen MR) is 152 cm³/mol. The number of carboxylic acid groups (broad SMARTS) is 1. The number of carbonyl (C=O) groups excluding carboxylic acids is 2. The molecule has 3 aromatic carbocycles. The van der Waals surface area contributed by atoms with E-state index in [1.807, 2.05) is 23.1 Å². The maximum absolute atomic E-state index is 13.8. The van der Waals surface area contributed by atoms with Crippen LogP contribution < -0.4 is 5.32 Å². The van der Waals surface area contributed by atoms with Crippen molar-refractivity contribution >= 4 is 34.9 Å². The Labute approximate surface area is 236 Å². The van der Waals surface area contributed by atoms with Crippen molar-refractivity contribution in [2.24, 2.45) is 4.99 Å². The van der Waals surface area contributed by atoms with Gasteiger partial charge in [-0.2, -0.15) is 0 Å². The lowest BCUT2D eigenvalue weighted by molar-refractivity contribution is -0.133. The molecular formula is C31H30FN5O4. The number of anilines is 1. The van der Waals surface area contributed by atoms with Crippen LogP contribution in [-0.2, 0) is 22.7 Å². The third-order valence-electron chi connectivity index (χ3n) is 8.01. The summed E-state index contributed by atoms with van der Waals surface area (Å²) in [5.41, 5.74) is 4.75. The summed E-state index contributed by atoms with van der Waals surface area (Å²) >= 11 is 0. The standard InChI is InChI=1S/C31H30FN5O4/c1-35-10-12-36(13-11-35)18-27(38)37-16-21-4-8-24(14-22(21)17-37)33-29(19-2-6-23(32)7-3-19)28-25-9-5-20(31(40)41)15-26(25)34-30(28)39/h2-9,14-15,28H,10-13,16-18H2,1H3,(H,34,39)(H,40,41). The number of nitrogens with zero attached hydrogens (tertiary/aromatic N) is 4. The molecule has 41 heavy (non-hydrogen) atoms. The quantitative estimate of drug-likeness (QED) is 0.452. The summed E-state index contributed by atoms with van der Waals surface area (Å²) in [4.78, 5) is 48.9. The number of rotatable bonds is 6. The smallest absolute Gasteiger partial charge is 0.335 e. The van der Waals surface area contributed by atoms with E-state index in [1.165, 1.54) is 24.3 Å². The van der Waals surface area contributed by atoms with Crippen molar-refractivity contribution in [2.75, 3.05) is 45.1 Å². The van der Waals surface area contributed by atoms with Crippen LogP contribution in [0.25, 0.3) is 0 Å². The number of hydrogen-bond acceptors (Lipinski definition) is 6. The molecule has 1 atom stereocenters. The first-order valence-corrected chi connectivity index (χ1v) is 13.6. The number of amides is 2. The Morgan fingerprint density at radius 3 is 2.39 bits per heavy atom. The lowest BCUT2D eigenvalue weighted by atomic mass is 9.90. The van der Waals surface area contributed by atoms with Gasteiger partial charge in [0.1, 0.15) is 11.7 Å². The van der Waals surface area contributed by atoms with Crippen LogP contribution in [0.15, 0.2) is 65.7 Å². The Kier molecular flexibility index (Phi) is 7.10. The highest BCUT2D eigenvalue weighted by atomic mass is 19.1. The van der Waals surface area contributed by atoms with E-state index in [9.17, 15) is 23.9 Å². The number of hydrogen-bond donors (Lipinski definition) is 2. The van der Waals surface area contributed by atoms with Gasteiger partial charge in [0.15, 0.2) is 0 Å². The highest BCUT2D eigenvalue weighted by Gasteiger charge is 2.36. The molecule has 1 fully saturated rings. The maximum atomic E-state index is 13.8. The molecule has 0 aliphatic carbocycles. The van der Waals surface area contributed by atoms with Gasteiger partial charge in [0.2, 0.25) is 11.8 Å². The molecule has 0 spiro atoms. The number of carbonyl (C=O) groups is 3. The Morgan fingerprint density at radius 2 is 1.66 bits per heavy atom. The zero-order valence-electron chi connectivity index (χ0n) is 22.6. The predicted octanol–water partition coefficient (Wildman–Crippen LogP) is 3.47. The zero-order valence-corrected chi connectivity index (χ0v) is 22.6. The molecule has 2 N–H and O–H groups in total. The Balaban J connectivity index is 1.28. The van der Waals surface area contributed by atoms with Gasteiger partial charge < -0.3 is 20.2 Å². The van der Waals surface area contributed by atoms with Gasteiger partial charge in [-0.1, -0.05) is 24.3 Å². The van der Waals surface area contributed by atoms with Crippen LogP contribution in [0.1, 0.15) is 38.5 Å². The summed E-state index contributed by atoms with van der Waals surface area (Å²) < 4.78 is 13.8. The number of nitrogens with one attached hydrogen (secondary N) is 1. The van der Waals surface area contributed by atoms with Crippen LogP contribution in [0, 0.1) is 5.82 Å². The largest absolute Gasteiger partial charge is 0.478 e. The molecule has 0 bridgehead atoms. The van der Waals surface area contributed by atoms with E-state index in [4.69, 9.17) is 4.99 Å². The molecule has 1 saturated heterocycles. The highest BCUT2D eigenvalue weighted by molar-refractivity contribution is 6.24. The molecule has 3 aromatic rings. The molecule has 2 amide bonds. The average molecular weight is 556 g/mol. The minimum Gasteiger partial charge on any atom is -0.478 e. The van der Waals surface area contributed by atoms with Crippen LogP contribution in [0.4, 0.5) is 15.8 Å². The first-order chi connectivity index (χ1) is 19.7. The first-order valence-electron chi connectivity index (χ1n) is 13.6. The molecule has 3 aliphatic rings. The minimum atomic E-state index is -1.09. The van der Waals surface area contributed by atoms with Crippen LogP contribution in [0.3, 0.4) is 0 Å². The van der Waals surface area contributed by atoms with Gasteiger partial charge >= 0.3 is 5.97 Å². The average Bonchev–Trinajstić information content (AvgIpc) is 3.53. The van der Waals surface area contributed by atoms with Crippen molar-refractivity contribution in [1.29, 1.82) is 0 Å². The van der Waals surface area contributed by atoms with Gasteiger partial charge in [0, 0.05) is 45.0 Å². The van der Waals surface area contributed by atoms with Gasteiger partial charge in [0.05, 0.1) is 23.5 Å². The number of carboxylic acids is 1. The van der Waals surface area contributed by atoms with Crippen molar-refractivity contribution in [1.82, 2.24) is 14.7 Å². The topological polar surface area (TPSA) is 106 Å². The Hall–Kier alpha value is -4.41. The summed E-state index contributed by atoms with van der Waals surface area (Å²) in [6.07, 6.45) is 0. The minimum absolute atomic E-state index is 0.0651. The number of likely N-dealkylation sites (N-methyl/N-ethyl adjacent to an activating group) is 1. The number of benzene rings is 3. The Bertz CT molecular complexity index is 1560. The first kappa shape index (κ1) is 26.8. The molecule has 1 unspecified atom stereocenters. The third-order valence-corrected chi connectivity index (χ3v) is 8.01. The van der Waals surface area contributed by atoms with Crippen molar-refractivity contribution in [3.8, 4) is 0 Å². The second kappa shape index (κ2) is 10.9. The fraction of sp³-hybridized carbons (Fsp3) is 0.290. The number of piperazine rings is 1. The fourth-order valence-electron chi connectivity index (χ4n) is 5.65. The van der Waals surface area contributed by atoms with Crippen molar-refractivity contribution in [2.45, 2.75) is 19.0 Å². The maximum Gasteiger partial charge on any atom is 0.335 e. The van der Waals surface area contributed by atoms with Gasteiger partial charge in [-0.3, -0.25) is 19.5 Å². The molecule has 0 aromatic heterocycles. The normalized spacial score (nSPS) is 19.2. The van der Waals surface area contributed by atoms with E-state index >= 15 is 0 Å². The number of aliphatic imine (C=N–C) groups is 1. The molecule has 3 heterocycles. The molecule has 0 radical (unpaired) electrons. The summed E-state index contributed by atoms with van der Waals surface area (Å²) in [5, 5.41) is 12.2. The number of aromatic carboxylic acids is 1. The van der Waals surface area contributed by atoms with Crippen molar-refractivity contribution in [3.63, 3.8) is 0 Å². The van der Waals surface area contributed by atoms with Gasteiger partial charge in [-0.25, -0.2) is 9.18 Å². The van der Waals surface area contributed by atoms with E-state index in [0.717, 1.165) is 37.3 Å². The summed E-state index contributed by atoms with van der Waals surface area (Å²) in [6, 6.07) is 16.1. The second-order valence-corrected chi connectivity index (χ2v) is 10.8. The SMILES string of the molecule is CN1CCN(CC(=O)N2Cc3ccc(N=C(c4ccc(F)cc4)C4C(=O)Nc5cc(C(=O)O)ccc54)cc3C2)CC1.